The summed E-state index contributed by atoms with van der Waals surface area (Å²) < 4.78 is 5.64. The molecule has 172 valence electrons. The van der Waals surface area contributed by atoms with Gasteiger partial charge in [0, 0.05) is 19.5 Å². The molecule has 1 fully saturated rings. The molecule has 0 unspecified atom stereocenters. The summed E-state index contributed by atoms with van der Waals surface area (Å²) in [5.74, 6) is 0.547. The van der Waals surface area contributed by atoms with Crippen molar-refractivity contribution in [2.75, 3.05) is 42.2 Å². The van der Waals surface area contributed by atoms with Gasteiger partial charge < -0.3 is 25.8 Å². The molecule has 0 spiro atoms. The summed E-state index contributed by atoms with van der Waals surface area (Å²) in [6.45, 7) is 7.62. The molecule has 9 heteroatoms. The van der Waals surface area contributed by atoms with Crippen molar-refractivity contribution in [2.24, 2.45) is 0 Å². The topological polar surface area (TPSA) is 117 Å². The summed E-state index contributed by atoms with van der Waals surface area (Å²) in [6.07, 6.45) is 2.96. The van der Waals surface area contributed by atoms with Gasteiger partial charge in [0.15, 0.2) is 11.6 Å². The van der Waals surface area contributed by atoms with Crippen LogP contribution in [0.25, 0.3) is 0 Å². The van der Waals surface area contributed by atoms with E-state index in [2.05, 4.69) is 44.5 Å². The van der Waals surface area contributed by atoms with Crippen LogP contribution in [0.4, 0.5) is 17.3 Å². The molecule has 1 amide bonds. The van der Waals surface area contributed by atoms with Gasteiger partial charge in [0.2, 0.25) is 5.91 Å². The van der Waals surface area contributed by atoms with Gasteiger partial charge in [-0.2, -0.15) is 9.97 Å². The fraction of sp³-hybridized carbons (Fsp3) is 0.522. The Labute approximate surface area is 188 Å². The van der Waals surface area contributed by atoms with Crippen LogP contribution in [0.3, 0.4) is 0 Å². The average Bonchev–Trinajstić information content (AvgIpc) is 3.21. The molecule has 0 saturated carbocycles. The molecule has 3 heterocycles. The molecule has 1 saturated heterocycles. The summed E-state index contributed by atoms with van der Waals surface area (Å²) in [6, 6.07) is 8.59. The van der Waals surface area contributed by atoms with E-state index in [1.54, 1.807) is 13.8 Å². The van der Waals surface area contributed by atoms with Crippen molar-refractivity contribution in [3.8, 4) is 6.01 Å². The predicted molar refractivity (Wildman–Crippen MR) is 123 cm³/mol. The van der Waals surface area contributed by atoms with Crippen LogP contribution in [0.5, 0.6) is 6.01 Å². The number of nitrogens with one attached hydrogen (secondary N) is 1. The molecular formula is C23H32N6O3. The number of likely N-dealkylation sites (tertiary alicyclic amines) is 1. The number of nitrogen functional groups attached to an aromatic ring is 1. The SMILES string of the molecule is CC(C)(O)CCOc1nc(N)c2c(n1)N(Cc1cccc(CN3CCCC3)c1)CC(=O)N2. The number of aromatic nitrogens is 2. The molecule has 1 aromatic heterocycles. The Kier molecular flexibility index (Phi) is 6.48. The maximum absolute atomic E-state index is 12.3. The fourth-order valence-corrected chi connectivity index (χ4v) is 4.05. The summed E-state index contributed by atoms with van der Waals surface area (Å²) in [4.78, 5) is 25.4. The minimum atomic E-state index is -0.847. The molecule has 2 aliphatic heterocycles. The van der Waals surface area contributed by atoms with E-state index in [0.717, 1.165) is 25.2 Å². The number of fused-ring (bicyclic) bond motifs is 1. The minimum absolute atomic E-state index is 0.134. The third-order valence-corrected chi connectivity index (χ3v) is 5.71. The monoisotopic (exact) mass is 440 g/mol. The average molecular weight is 441 g/mol. The van der Waals surface area contributed by atoms with Gasteiger partial charge in [-0.1, -0.05) is 24.3 Å². The number of carbonyl (C=O) groups is 1. The molecule has 0 bridgehead atoms. The van der Waals surface area contributed by atoms with E-state index in [9.17, 15) is 9.90 Å². The van der Waals surface area contributed by atoms with E-state index in [1.165, 1.54) is 18.4 Å². The Morgan fingerprint density at radius 1 is 1.19 bits per heavy atom. The van der Waals surface area contributed by atoms with Gasteiger partial charge in [-0.15, -0.1) is 0 Å². The summed E-state index contributed by atoms with van der Waals surface area (Å²) in [5, 5.41) is 12.7. The van der Waals surface area contributed by atoms with Crippen LogP contribution in [-0.2, 0) is 17.9 Å². The van der Waals surface area contributed by atoms with Crippen molar-refractivity contribution >= 4 is 23.2 Å². The maximum atomic E-state index is 12.3. The third kappa shape index (κ3) is 5.66. The number of ether oxygens (including phenoxy) is 1. The number of nitrogens with zero attached hydrogens (tertiary/aromatic N) is 4. The van der Waals surface area contributed by atoms with Crippen molar-refractivity contribution in [3.05, 3.63) is 35.4 Å². The lowest BCUT2D eigenvalue weighted by molar-refractivity contribution is -0.115. The zero-order valence-electron chi connectivity index (χ0n) is 18.8. The third-order valence-electron chi connectivity index (χ3n) is 5.71. The van der Waals surface area contributed by atoms with Crippen LogP contribution in [0.1, 0.15) is 44.2 Å². The number of hydrogen-bond donors (Lipinski definition) is 3. The Bertz CT molecular complexity index is 969. The van der Waals surface area contributed by atoms with Crippen LogP contribution in [0.15, 0.2) is 24.3 Å². The smallest absolute Gasteiger partial charge is 0.320 e. The van der Waals surface area contributed by atoms with Crippen LogP contribution in [0, 0.1) is 0 Å². The largest absolute Gasteiger partial charge is 0.463 e. The number of aliphatic hydroxyl groups is 1. The lowest BCUT2D eigenvalue weighted by Crippen LogP contribution is -2.39. The zero-order chi connectivity index (χ0) is 22.7. The van der Waals surface area contributed by atoms with E-state index in [4.69, 9.17) is 10.5 Å². The van der Waals surface area contributed by atoms with E-state index in [-0.39, 0.29) is 30.9 Å². The quantitative estimate of drug-likeness (QED) is 0.572. The molecule has 2 aromatic rings. The molecular weight excluding hydrogens is 408 g/mol. The molecule has 4 rings (SSSR count). The maximum Gasteiger partial charge on any atom is 0.320 e. The Morgan fingerprint density at radius 2 is 1.91 bits per heavy atom. The molecule has 9 nitrogen and oxygen atoms in total. The van der Waals surface area contributed by atoms with Crippen molar-refractivity contribution in [1.29, 1.82) is 0 Å². The normalized spacial score (nSPS) is 16.7. The molecule has 32 heavy (non-hydrogen) atoms. The second kappa shape index (κ2) is 9.30. The highest BCUT2D eigenvalue weighted by Gasteiger charge is 2.28. The van der Waals surface area contributed by atoms with Crippen molar-refractivity contribution in [2.45, 2.75) is 51.8 Å². The molecule has 0 atom stereocenters. The van der Waals surface area contributed by atoms with Gasteiger partial charge in [-0.3, -0.25) is 9.69 Å². The number of nitrogens with two attached hydrogens (primary N) is 1. The van der Waals surface area contributed by atoms with Crippen molar-refractivity contribution < 1.29 is 14.6 Å². The van der Waals surface area contributed by atoms with E-state index >= 15 is 0 Å². The van der Waals surface area contributed by atoms with Crippen LogP contribution < -0.4 is 20.7 Å². The standard InChI is InChI=1S/C23H32N6O3/c1-23(2,31)8-11-32-22-26-20(24)19-21(27-22)29(15-18(30)25-19)14-17-7-5-6-16(12-17)13-28-9-3-4-10-28/h5-7,12,31H,3-4,8-11,13-15H2,1-2H3,(H,25,30)(H2,24,26,27). The van der Waals surface area contributed by atoms with Crippen LogP contribution in [-0.4, -0.2) is 57.7 Å². The van der Waals surface area contributed by atoms with Gasteiger partial charge in [-0.25, -0.2) is 0 Å². The minimum Gasteiger partial charge on any atom is -0.463 e. The van der Waals surface area contributed by atoms with Gasteiger partial charge in [0.05, 0.1) is 18.8 Å². The van der Waals surface area contributed by atoms with Crippen LogP contribution in [0.2, 0.25) is 0 Å². The highest BCUT2D eigenvalue weighted by molar-refractivity contribution is 6.03. The first kappa shape index (κ1) is 22.3. The van der Waals surface area contributed by atoms with Gasteiger partial charge in [0.1, 0.15) is 5.69 Å². The first-order chi connectivity index (χ1) is 15.3. The fourth-order valence-electron chi connectivity index (χ4n) is 4.05. The van der Waals surface area contributed by atoms with Gasteiger partial charge >= 0.3 is 6.01 Å². The van der Waals surface area contributed by atoms with Crippen molar-refractivity contribution in [3.63, 3.8) is 0 Å². The second-order valence-electron chi connectivity index (χ2n) is 9.21. The number of carbonyl (C=O) groups excluding carboxylic acids is 1. The summed E-state index contributed by atoms with van der Waals surface area (Å²) >= 11 is 0. The Balaban J connectivity index is 1.52. The summed E-state index contributed by atoms with van der Waals surface area (Å²) in [7, 11) is 0. The Hall–Kier alpha value is -2.91. The lowest BCUT2D eigenvalue weighted by atomic mass is 10.1. The number of hydrogen-bond acceptors (Lipinski definition) is 8. The predicted octanol–water partition coefficient (Wildman–Crippen LogP) is 2.15. The zero-order valence-corrected chi connectivity index (χ0v) is 18.8. The molecule has 0 aliphatic carbocycles. The van der Waals surface area contributed by atoms with E-state index in [1.807, 2.05) is 4.90 Å². The molecule has 0 radical (unpaired) electrons. The highest BCUT2D eigenvalue weighted by atomic mass is 16.5. The molecule has 1 aromatic carbocycles. The van der Waals surface area contributed by atoms with Gasteiger partial charge in [0.25, 0.3) is 0 Å². The van der Waals surface area contributed by atoms with Gasteiger partial charge in [-0.05, 0) is 50.9 Å². The molecule has 2 aliphatic rings. The highest BCUT2D eigenvalue weighted by Crippen LogP contribution is 2.34. The number of benzene rings is 1. The number of anilines is 3. The lowest BCUT2D eigenvalue weighted by Gasteiger charge is -2.30. The second-order valence-corrected chi connectivity index (χ2v) is 9.21. The van der Waals surface area contributed by atoms with Crippen molar-refractivity contribution in [1.82, 2.24) is 14.9 Å². The Morgan fingerprint density at radius 3 is 2.62 bits per heavy atom. The number of amides is 1. The van der Waals surface area contributed by atoms with Crippen LogP contribution >= 0.6 is 0 Å². The summed E-state index contributed by atoms with van der Waals surface area (Å²) in [5.41, 5.74) is 8.03. The van der Waals surface area contributed by atoms with E-state index in [0.29, 0.717) is 24.5 Å². The van der Waals surface area contributed by atoms with E-state index < -0.39 is 5.60 Å². The molecule has 4 N–H and O–H groups in total. The first-order valence-electron chi connectivity index (χ1n) is 11.1. The number of rotatable bonds is 8. The first-order valence-corrected chi connectivity index (χ1v) is 11.1.